The van der Waals surface area contributed by atoms with E-state index in [2.05, 4.69) is 36.4 Å². The number of hydrogen-bond donors (Lipinski definition) is 0. The van der Waals surface area contributed by atoms with Crippen molar-refractivity contribution in [2.24, 2.45) is 0 Å². The van der Waals surface area contributed by atoms with Crippen LogP contribution in [0.3, 0.4) is 0 Å². The Morgan fingerprint density at radius 2 is 1.58 bits per heavy atom. The average molecular weight is 314 g/mol. The quantitative estimate of drug-likeness (QED) is 0.659. The number of benzene rings is 3. The Morgan fingerprint density at radius 1 is 0.833 bits per heavy atom. The maximum atomic E-state index is 5.93. The highest BCUT2D eigenvalue weighted by Crippen LogP contribution is 2.33. The molecule has 0 fully saturated rings. The van der Waals surface area contributed by atoms with Crippen LogP contribution in [0.4, 0.5) is 0 Å². The first-order valence-corrected chi connectivity index (χ1v) is 8.08. The molecule has 118 valence electrons. The molecule has 3 aromatic rings. The van der Waals surface area contributed by atoms with Crippen molar-refractivity contribution in [3.63, 3.8) is 0 Å². The Labute approximate surface area is 142 Å². The third-order valence-electron chi connectivity index (χ3n) is 4.09. The third-order valence-corrected chi connectivity index (χ3v) is 4.09. The fourth-order valence-electron chi connectivity index (χ4n) is 2.79. The van der Waals surface area contributed by atoms with Crippen molar-refractivity contribution in [3.8, 4) is 11.5 Å². The van der Waals surface area contributed by atoms with Gasteiger partial charge in [0, 0.05) is 11.6 Å². The second-order valence-electron chi connectivity index (χ2n) is 5.80. The van der Waals surface area contributed by atoms with Gasteiger partial charge in [0.2, 0.25) is 0 Å². The predicted octanol–water partition coefficient (Wildman–Crippen LogP) is 5.20. The summed E-state index contributed by atoms with van der Waals surface area (Å²) in [4.78, 5) is 0. The molecule has 0 saturated heterocycles. The Hall–Kier alpha value is -3.00. The van der Waals surface area contributed by atoms with Gasteiger partial charge in [0.25, 0.3) is 0 Å². The van der Waals surface area contributed by atoms with Gasteiger partial charge in [-0.25, -0.2) is 0 Å². The summed E-state index contributed by atoms with van der Waals surface area (Å²) in [6, 6.07) is 26.5. The van der Waals surface area contributed by atoms with Crippen LogP contribution < -0.4 is 9.47 Å². The van der Waals surface area contributed by atoms with Crippen LogP contribution in [0.15, 0.2) is 78.9 Å². The van der Waals surface area contributed by atoms with E-state index in [0.717, 1.165) is 22.6 Å². The predicted molar refractivity (Wildman–Crippen MR) is 97.0 cm³/mol. The summed E-state index contributed by atoms with van der Waals surface area (Å²) in [6.07, 6.45) is 2.19. The second kappa shape index (κ2) is 6.63. The van der Waals surface area contributed by atoms with Gasteiger partial charge < -0.3 is 9.47 Å². The van der Waals surface area contributed by atoms with E-state index >= 15 is 0 Å². The van der Waals surface area contributed by atoms with E-state index < -0.39 is 0 Å². The van der Waals surface area contributed by atoms with Crippen LogP contribution >= 0.6 is 0 Å². The van der Waals surface area contributed by atoms with E-state index in [9.17, 15) is 0 Å². The van der Waals surface area contributed by atoms with Crippen molar-refractivity contribution in [2.45, 2.75) is 6.61 Å². The zero-order valence-electron chi connectivity index (χ0n) is 13.3. The first kappa shape index (κ1) is 14.6. The van der Waals surface area contributed by atoms with Crippen LogP contribution in [0, 0.1) is 0 Å². The van der Waals surface area contributed by atoms with E-state index in [4.69, 9.17) is 9.47 Å². The molecule has 0 amide bonds. The van der Waals surface area contributed by atoms with E-state index in [1.807, 2.05) is 48.5 Å². The van der Waals surface area contributed by atoms with Gasteiger partial charge in [-0.15, -0.1) is 0 Å². The number of rotatable bonds is 4. The van der Waals surface area contributed by atoms with Crippen molar-refractivity contribution < 1.29 is 9.47 Å². The topological polar surface area (TPSA) is 18.5 Å². The zero-order valence-corrected chi connectivity index (χ0v) is 13.3. The van der Waals surface area contributed by atoms with Crippen molar-refractivity contribution >= 4 is 11.6 Å². The first-order chi connectivity index (χ1) is 11.9. The van der Waals surface area contributed by atoms with Gasteiger partial charge in [0.15, 0.2) is 0 Å². The highest BCUT2D eigenvalue weighted by molar-refractivity contribution is 5.85. The van der Waals surface area contributed by atoms with E-state index in [-0.39, 0.29) is 0 Å². The SMILES string of the molecule is C1=C(c2ccccc2)COc2cc(OCc3ccccc3)ccc21. The molecule has 0 saturated carbocycles. The number of fused-ring (bicyclic) bond motifs is 1. The van der Waals surface area contributed by atoms with E-state index in [0.29, 0.717) is 13.2 Å². The molecule has 24 heavy (non-hydrogen) atoms. The molecule has 0 spiro atoms. The average Bonchev–Trinajstić information content (AvgIpc) is 2.67. The summed E-state index contributed by atoms with van der Waals surface area (Å²) in [5.41, 5.74) is 4.64. The molecule has 4 rings (SSSR count). The lowest BCUT2D eigenvalue weighted by Crippen LogP contribution is -2.07. The van der Waals surface area contributed by atoms with Crippen LogP contribution in [0.5, 0.6) is 11.5 Å². The molecule has 1 aliphatic heterocycles. The molecule has 0 bridgehead atoms. The molecule has 0 unspecified atom stereocenters. The van der Waals surface area contributed by atoms with Crippen LogP contribution in [-0.2, 0) is 6.61 Å². The molecule has 0 aliphatic carbocycles. The van der Waals surface area contributed by atoms with Gasteiger partial charge in [-0.3, -0.25) is 0 Å². The standard InChI is InChI=1S/C22H18O2/c1-3-7-17(8-4-1)15-23-21-12-11-19-13-20(16-24-22(19)14-21)18-9-5-2-6-10-18/h1-14H,15-16H2. The molecule has 1 aliphatic rings. The lowest BCUT2D eigenvalue weighted by Gasteiger charge is -2.19. The molecule has 1 heterocycles. The van der Waals surface area contributed by atoms with Gasteiger partial charge in [0.05, 0.1) is 0 Å². The fourth-order valence-corrected chi connectivity index (χ4v) is 2.79. The van der Waals surface area contributed by atoms with Crippen LogP contribution in [0.2, 0.25) is 0 Å². The molecule has 3 aromatic carbocycles. The van der Waals surface area contributed by atoms with Crippen molar-refractivity contribution in [2.75, 3.05) is 6.61 Å². The summed E-state index contributed by atoms with van der Waals surface area (Å²) < 4.78 is 11.8. The molecular weight excluding hydrogens is 296 g/mol. The number of hydrogen-bond acceptors (Lipinski definition) is 2. The minimum absolute atomic E-state index is 0.560. The van der Waals surface area contributed by atoms with E-state index in [1.54, 1.807) is 0 Å². The lowest BCUT2D eigenvalue weighted by molar-refractivity contribution is 0.301. The highest BCUT2D eigenvalue weighted by Gasteiger charge is 2.13. The lowest BCUT2D eigenvalue weighted by atomic mass is 10.0. The third kappa shape index (κ3) is 3.18. The van der Waals surface area contributed by atoms with Crippen LogP contribution in [-0.4, -0.2) is 6.61 Å². The molecule has 0 radical (unpaired) electrons. The van der Waals surface area contributed by atoms with Gasteiger partial charge in [0.1, 0.15) is 24.7 Å². The smallest absolute Gasteiger partial charge is 0.130 e. The molecular formula is C22H18O2. The maximum absolute atomic E-state index is 5.93. The molecule has 0 aromatic heterocycles. The molecule has 0 atom stereocenters. The summed E-state index contributed by atoms with van der Waals surface area (Å²) >= 11 is 0. The summed E-state index contributed by atoms with van der Waals surface area (Å²) in [5, 5.41) is 0. The first-order valence-electron chi connectivity index (χ1n) is 8.08. The van der Waals surface area contributed by atoms with E-state index in [1.165, 1.54) is 11.1 Å². The molecule has 2 heteroatoms. The summed E-state index contributed by atoms with van der Waals surface area (Å²) in [6.45, 7) is 1.14. The monoisotopic (exact) mass is 314 g/mol. The molecule has 2 nitrogen and oxygen atoms in total. The Kier molecular flexibility index (Phi) is 4.03. The van der Waals surface area contributed by atoms with Crippen molar-refractivity contribution in [1.82, 2.24) is 0 Å². The summed E-state index contributed by atoms with van der Waals surface area (Å²) in [7, 11) is 0. The van der Waals surface area contributed by atoms with Gasteiger partial charge >= 0.3 is 0 Å². The normalized spacial score (nSPS) is 12.8. The highest BCUT2D eigenvalue weighted by atomic mass is 16.5. The Balaban J connectivity index is 1.52. The van der Waals surface area contributed by atoms with Crippen LogP contribution in [0.25, 0.3) is 11.6 Å². The largest absolute Gasteiger partial charge is 0.489 e. The van der Waals surface area contributed by atoms with Crippen molar-refractivity contribution in [3.05, 3.63) is 95.6 Å². The zero-order chi connectivity index (χ0) is 16.2. The number of ether oxygens (including phenoxy) is 2. The van der Waals surface area contributed by atoms with Gasteiger partial charge in [-0.2, -0.15) is 0 Å². The van der Waals surface area contributed by atoms with Gasteiger partial charge in [-0.05, 0) is 34.9 Å². The Bertz CT molecular complexity index is 852. The second-order valence-corrected chi connectivity index (χ2v) is 5.80. The van der Waals surface area contributed by atoms with Gasteiger partial charge in [-0.1, -0.05) is 60.7 Å². The Morgan fingerprint density at radius 3 is 2.38 bits per heavy atom. The minimum atomic E-state index is 0.560. The van der Waals surface area contributed by atoms with Crippen molar-refractivity contribution in [1.29, 1.82) is 0 Å². The maximum Gasteiger partial charge on any atom is 0.130 e. The fraction of sp³-hybridized carbons (Fsp3) is 0.0909. The van der Waals surface area contributed by atoms with Crippen LogP contribution in [0.1, 0.15) is 16.7 Å². The summed E-state index contributed by atoms with van der Waals surface area (Å²) in [5.74, 6) is 1.70. The molecule has 0 N–H and O–H groups in total. The minimum Gasteiger partial charge on any atom is -0.489 e.